The lowest BCUT2D eigenvalue weighted by atomic mass is 10.1. The highest BCUT2D eigenvalue weighted by Crippen LogP contribution is 2.08. The first-order valence-corrected chi connectivity index (χ1v) is 9.36. The quantitative estimate of drug-likeness (QED) is 0.826. The number of nitrogens with zero attached hydrogens (tertiary/aromatic N) is 3. The van der Waals surface area contributed by atoms with Crippen molar-refractivity contribution in [3.63, 3.8) is 0 Å². The van der Waals surface area contributed by atoms with E-state index < -0.39 is 0 Å². The molecule has 3 rings (SSSR count). The molecule has 1 aliphatic heterocycles. The molecule has 2 aromatic rings. The number of rotatable bonds is 7. The van der Waals surface area contributed by atoms with Gasteiger partial charge in [-0.15, -0.1) is 0 Å². The van der Waals surface area contributed by atoms with Crippen LogP contribution in [0.3, 0.4) is 0 Å². The number of carbonyl (C=O) groups excluding carboxylic acids is 1. The second-order valence-corrected chi connectivity index (χ2v) is 6.90. The molecular weight excluding hydrogens is 324 g/mol. The lowest BCUT2D eigenvalue weighted by molar-refractivity contribution is -0.122. The van der Waals surface area contributed by atoms with Crippen molar-refractivity contribution in [2.75, 3.05) is 39.3 Å². The normalized spacial score (nSPS) is 15.7. The molecule has 1 saturated heterocycles. The highest BCUT2D eigenvalue weighted by Gasteiger charge is 2.19. The molecule has 1 amide bonds. The predicted molar refractivity (Wildman–Crippen MR) is 104 cm³/mol. The Hall–Kier alpha value is -2.24. The number of hydrogen-bond donors (Lipinski definition) is 1. The van der Waals surface area contributed by atoms with Gasteiger partial charge in [-0.05, 0) is 36.6 Å². The van der Waals surface area contributed by atoms with Gasteiger partial charge in [0.2, 0.25) is 5.91 Å². The van der Waals surface area contributed by atoms with Crippen molar-refractivity contribution in [1.82, 2.24) is 20.1 Å². The van der Waals surface area contributed by atoms with Gasteiger partial charge in [-0.3, -0.25) is 19.6 Å². The van der Waals surface area contributed by atoms with Crippen molar-refractivity contribution in [3.8, 4) is 0 Å². The summed E-state index contributed by atoms with van der Waals surface area (Å²) in [5.74, 6) is 0.122. The van der Waals surface area contributed by atoms with Crippen LogP contribution in [0.15, 0.2) is 48.7 Å². The molecule has 26 heavy (non-hydrogen) atoms. The molecule has 0 radical (unpaired) electrons. The molecular formula is C21H28N4O. The summed E-state index contributed by atoms with van der Waals surface area (Å²) in [4.78, 5) is 21.2. The van der Waals surface area contributed by atoms with Crippen molar-refractivity contribution < 1.29 is 4.79 Å². The monoisotopic (exact) mass is 352 g/mol. The van der Waals surface area contributed by atoms with Crippen molar-refractivity contribution in [1.29, 1.82) is 0 Å². The van der Waals surface area contributed by atoms with Crippen molar-refractivity contribution in [2.24, 2.45) is 0 Å². The van der Waals surface area contributed by atoms with Crippen LogP contribution >= 0.6 is 0 Å². The average Bonchev–Trinajstić information content (AvgIpc) is 2.66. The van der Waals surface area contributed by atoms with Gasteiger partial charge in [0.05, 0.1) is 12.2 Å². The third kappa shape index (κ3) is 5.64. The van der Waals surface area contributed by atoms with Crippen LogP contribution in [0.5, 0.6) is 0 Å². The molecule has 2 heterocycles. The van der Waals surface area contributed by atoms with Crippen LogP contribution in [-0.2, 0) is 17.8 Å². The Kier molecular flexibility index (Phi) is 6.75. The van der Waals surface area contributed by atoms with E-state index in [4.69, 9.17) is 0 Å². The Morgan fingerprint density at radius 1 is 1.04 bits per heavy atom. The number of carbonyl (C=O) groups is 1. The topological polar surface area (TPSA) is 48.5 Å². The van der Waals surface area contributed by atoms with Gasteiger partial charge < -0.3 is 5.32 Å². The van der Waals surface area contributed by atoms with E-state index in [0.29, 0.717) is 13.1 Å². The van der Waals surface area contributed by atoms with Gasteiger partial charge in [0.1, 0.15) is 0 Å². The number of amides is 1. The fourth-order valence-electron chi connectivity index (χ4n) is 3.31. The van der Waals surface area contributed by atoms with Crippen LogP contribution in [-0.4, -0.2) is 60.0 Å². The van der Waals surface area contributed by atoms with E-state index in [9.17, 15) is 4.79 Å². The van der Waals surface area contributed by atoms with Crippen LogP contribution in [0.4, 0.5) is 0 Å². The maximum Gasteiger partial charge on any atom is 0.234 e. The lowest BCUT2D eigenvalue weighted by Gasteiger charge is -2.34. The SMILES string of the molecule is Cc1ccccc1CCNC(=O)CN1CCN(Cc2ccccn2)CC1. The van der Waals surface area contributed by atoms with Crippen molar-refractivity contribution in [3.05, 3.63) is 65.5 Å². The van der Waals surface area contributed by atoms with Gasteiger partial charge in [-0.2, -0.15) is 0 Å². The minimum absolute atomic E-state index is 0.122. The molecule has 1 aromatic heterocycles. The summed E-state index contributed by atoms with van der Waals surface area (Å²) in [6, 6.07) is 14.4. The molecule has 0 bridgehead atoms. The summed E-state index contributed by atoms with van der Waals surface area (Å²) in [7, 11) is 0. The summed E-state index contributed by atoms with van der Waals surface area (Å²) < 4.78 is 0. The molecule has 138 valence electrons. The summed E-state index contributed by atoms with van der Waals surface area (Å²) >= 11 is 0. The molecule has 0 atom stereocenters. The number of piperazine rings is 1. The molecule has 0 unspecified atom stereocenters. The van der Waals surface area contributed by atoms with Crippen molar-refractivity contribution in [2.45, 2.75) is 19.9 Å². The standard InChI is InChI=1S/C21H28N4O/c1-18-6-2-3-7-19(18)9-11-23-21(26)17-25-14-12-24(13-15-25)16-20-8-4-5-10-22-20/h2-8,10H,9,11-17H2,1H3,(H,23,26). The summed E-state index contributed by atoms with van der Waals surface area (Å²) in [6.45, 7) is 8.00. The van der Waals surface area contributed by atoms with E-state index in [1.165, 1.54) is 11.1 Å². The van der Waals surface area contributed by atoms with Crippen molar-refractivity contribution >= 4 is 5.91 Å². The maximum atomic E-state index is 12.2. The Morgan fingerprint density at radius 2 is 1.77 bits per heavy atom. The first kappa shape index (κ1) is 18.5. The van der Waals surface area contributed by atoms with E-state index in [2.05, 4.69) is 51.3 Å². The molecule has 0 aliphatic carbocycles. The van der Waals surface area contributed by atoms with Crippen LogP contribution in [0.1, 0.15) is 16.8 Å². The fourth-order valence-corrected chi connectivity index (χ4v) is 3.31. The Labute approximate surface area is 156 Å². The predicted octanol–water partition coefficient (Wildman–Crippen LogP) is 1.87. The molecule has 5 nitrogen and oxygen atoms in total. The molecule has 1 fully saturated rings. The smallest absolute Gasteiger partial charge is 0.234 e. The largest absolute Gasteiger partial charge is 0.355 e. The van der Waals surface area contributed by atoms with E-state index in [1.807, 2.05) is 24.4 Å². The maximum absolute atomic E-state index is 12.2. The van der Waals surface area contributed by atoms with Gasteiger partial charge in [-0.25, -0.2) is 0 Å². The molecule has 1 N–H and O–H groups in total. The highest BCUT2D eigenvalue weighted by atomic mass is 16.2. The van der Waals surface area contributed by atoms with Gasteiger partial charge >= 0.3 is 0 Å². The fraction of sp³-hybridized carbons (Fsp3) is 0.429. The number of aryl methyl sites for hydroxylation is 1. The van der Waals surface area contributed by atoms with E-state index in [0.717, 1.165) is 44.8 Å². The van der Waals surface area contributed by atoms with E-state index >= 15 is 0 Å². The van der Waals surface area contributed by atoms with Crippen LogP contribution in [0, 0.1) is 6.92 Å². The zero-order valence-electron chi connectivity index (χ0n) is 15.5. The molecule has 1 aliphatic rings. The van der Waals surface area contributed by atoms with Crippen LogP contribution in [0.25, 0.3) is 0 Å². The first-order chi connectivity index (χ1) is 12.7. The summed E-state index contributed by atoms with van der Waals surface area (Å²) in [5, 5.41) is 3.05. The van der Waals surface area contributed by atoms with E-state index in [-0.39, 0.29) is 5.91 Å². The Bertz CT molecular complexity index is 696. The van der Waals surface area contributed by atoms with Gasteiger partial charge in [0, 0.05) is 45.5 Å². The first-order valence-electron chi connectivity index (χ1n) is 9.36. The highest BCUT2D eigenvalue weighted by molar-refractivity contribution is 5.78. The third-order valence-electron chi connectivity index (χ3n) is 4.92. The molecule has 0 spiro atoms. The van der Waals surface area contributed by atoms with Gasteiger partial charge in [0.15, 0.2) is 0 Å². The summed E-state index contributed by atoms with van der Waals surface area (Å²) in [6.07, 6.45) is 2.73. The van der Waals surface area contributed by atoms with Crippen LogP contribution < -0.4 is 5.32 Å². The third-order valence-corrected chi connectivity index (χ3v) is 4.92. The van der Waals surface area contributed by atoms with Crippen LogP contribution in [0.2, 0.25) is 0 Å². The number of nitrogens with one attached hydrogen (secondary N) is 1. The molecule has 0 saturated carbocycles. The van der Waals surface area contributed by atoms with E-state index in [1.54, 1.807) is 0 Å². The zero-order chi connectivity index (χ0) is 18.2. The molecule has 1 aromatic carbocycles. The number of aromatic nitrogens is 1. The second kappa shape index (κ2) is 9.46. The molecule has 5 heteroatoms. The minimum Gasteiger partial charge on any atom is -0.355 e. The Morgan fingerprint density at radius 3 is 2.50 bits per heavy atom. The average molecular weight is 352 g/mol. The number of pyridine rings is 1. The Balaban J connectivity index is 1.34. The minimum atomic E-state index is 0.122. The summed E-state index contributed by atoms with van der Waals surface area (Å²) in [5.41, 5.74) is 3.69. The zero-order valence-corrected chi connectivity index (χ0v) is 15.5. The number of hydrogen-bond acceptors (Lipinski definition) is 4. The second-order valence-electron chi connectivity index (χ2n) is 6.90. The van der Waals surface area contributed by atoms with Gasteiger partial charge in [-0.1, -0.05) is 30.3 Å². The number of benzene rings is 1. The lowest BCUT2D eigenvalue weighted by Crippen LogP contribution is -2.49. The van der Waals surface area contributed by atoms with Gasteiger partial charge in [0.25, 0.3) is 0 Å².